The maximum Gasteiger partial charge on any atom is 0.328 e. The molecular weight excluding hydrogens is 238 g/mol. The number of aromatic nitrogens is 2. The topological polar surface area (TPSA) is 88.7 Å². The molecule has 2 rings (SSSR count). The Morgan fingerprint density at radius 3 is 2.94 bits per heavy atom. The number of ether oxygens (including phenoxy) is 1. The van der Waals surface area contributed by atoms with Crippen LogP contribution in [-0.2, 0) is 4.74 Å². The smallest absolute Gasteiger partial charge is 0.328 e. The second-order valence-electron chi connectivity index (χ2n) is 4.13. The highest BCUT2D eigenvalue weighted by Gasteiger charge is 2.34. The molecule has 1 aromatic heterocycles. The Hall–Kier alpha value is -1.91. The molecule has 1 fully saturated rings. The van der Waals surface area contributed by atoms with Crippen molar-refractivity contribution in [3.05, 3.63) is 38.5 Å². The predicted octanol–water partition coefficient (Wildman–Crippen LogP) is 0.146. The largest absolute Gasteiger partial charge is 0.390 e. The minimum Gasteiger partial charge on any atom is -0.390 e. The summed E-state index contributed by atoms with van der Waals surface area (Å²) in [6.45, 7) is 8.71. The van der Waals surface area contributed by atoms with Crippen LogP contribution in [0.15, 0.2) is 15.8 Å². The molecule has 0 spiro atoms. The van der Waals surface area contributed by atoms with E-state index in [1.54, 1.807) is 0 Å². The molecule has 18 heavy (non-hydrogen) atoms. The third-order valence-electron chi connectivity index (χ3n) is 2.99. The molecule has 0 bridgehead atoms. The normalized spacial score (nSPS) is 27.1. The van der Waals surface area contributed by atoms with Crippen LogP contribution in [0.25, 0.3) is 4.85 Å². The molecular formula is C11H13N3O4. The SMILES string of the molecule is [C-]#[N+]c1cn([C@@H]2C[C@@H](O)[C@H](CC)O2)c(=O)[nH]c1=O. The summed E-state index contributed by atoms with van der Waals surface area (Å²) in [7, 11) is 0. The average molecular weight is 251 g/mol. The van der Waals surface area contributed by atoms with Gasteiger partial charge in [-0.2, -0.15) is 0 Å². The molecule has 7 heteroatoms. The predicted molar refractivity (Wildman–Crippen MR) is 62.4 cm³/mol. The van der Waals surface area contributed by atoms with Crippen molar-refractivity contribution in [2.45, 2.75) is 38.2 Å². The molecule has 1 aromatic rings. The minimum atomic E-state index is -0.711. The van der Waals surface area contributed by atoms with E-state index in [1.807, 2.05) is 6.92 Å². The monoisotopic (exact) mass is 251 g/mol. The maximum absolute atomic E-state index is 11.6. The lowest BCUT2D eigenvalue weighted by Gasteiger charge is -2.14. The number of H-pyrrole nitrogens is 1. The molecule has 7 nitrogen and oxygen atoms in total. The zero-order valence-electron chi connectivity index (χ0n) is 9.79. The molecule has 0 saturated carbocycles. The first-order valence-electron chi connectivity index (χ1n) is 5.63. The molecule has 0 aliphatic carbocycles. The number of nitrogens with one attached hydrogen (secondary N) is 1. The van der Waals surface area contributed by atoms with Gasteiger partial charge in [0.2, 0.25) is 0 Å². The molecule has 1 aliphatic rings. The van der Waals surface area contributed by atoms with Gasteiger partial charge in [0.15, 0.2) is 0 Å². The van der Waals surface area contributed by atoms with Gasteiger partial charge in [0.1, 0.15) is 6.23 Å². The summed E-state index contributed by atoms with van der Waals surface area (Å²) in [5, 5.41) is 9.72. The fourth-order valence-electron chi connectivity index (χ4n) is 2.02. The summed E-state index contributed by atoms with van der Waals surface area (Å²) in [4.78, 5) is 28.0. The van der Waals surface area contributed by atoms with Crippen LogP contribution in [0.5, 0.6) is 0 Å². The zero-order valence-corrected chi connectivity index (χ0v) is 9.79. The number of hydrogen-bond acceptors (Lipinski definition) is 4. The van der Waals surface area contributed by atoms with Crippen molar-refractivity contribution in [2.24, 2.45) is 0 Å². The molecule has 3 atom stereocenters. The second-order valence-corrected chi connectivity index (χ2v) is 4.13. The maximum atomic E-state index is 11.6. The lowest BCUT2D eigenvalue weighted by Crippen LogP contribution is -2.31. The second kappa shape index (κ2) is 4.76. The van der Waals surface area contributed by atoms with Gasteiger partial charge in [-0.3, -0.25) is 14.3 Å². The third-order valence-corrected chi connectivity index (χ3v) is 2.99. The van der Waals surface area contributed by atoms with Gasteiger partial charge in [0.05, 0.1) is 18.8 Å². The molecule has 2 heterocycles. The number of hydrogen-bond donors (Lipinski definition) is 2. The van der Waals surface area contributed by atoms with E-state index in [9.17, 15) is 14.7 Å². The van der Waals surface area contributed by atoms with Crippen molar-refractivity contribution in [1.82, 2.24) is 9.55 Å². The van der Waals surface area contributed by atoms with Crippen LogP contribution in [0.4, 0.5) is 5.69 Å². The van der Waals surface area contributed by atoms with Crippen LogP contribution < -0.4 is 11.2 Å². The summed E-state index contributed by atoms with van der Waals surface area (Å²) >= 11 is 0. The van der Waals surface area contributed by atoms with E-state index in [4.69, 9.17) is 11.3 Å². The molecule has 0 radical (unpaired) electrons. The summed E-state index contributed by atoms with van der Waals surface area (Å²) < 4.78 is 6.66. The molecule has 0 amide bonds. The quantitative estimate of drug-likeness (QED) is 0.732. The van der Waals surface area contributed by atoms with Gasteiger partial charge in [-0.1, -0.05) is 6.92 Å². The van der Waals surface area contributed by atoms with Crippen LogP contribution in [0.2, 0.25) is 0 Å². The van der Waals surface area contributed by atoms with Crippen molar-refractivity contribution >= 4 is 5.69 Å². The molecule has 96 valence electrons. The highest BCUT2D eigenvalue weighted by atomic mass is 16.5. The Morgan fingerprint density at radius 1 is 1.67 bits per heavy atom. The number of aliphatic hydroxyl groups is 1. The van der Waals surface area contributed by atoms with Crippen LogP contribution in [0, 0.1) is 6.57 Å². The molecule has 2 N–H and O–H groups in total. The van der Waals surface area contributed by atoms with E-state index in [0.29, 0.717) is 6.42 Å². The molecule has 0 unspecified atom stereocenters. The first kappa shape index (κ1) is 12.5. The molecule has 0 aromatic carbocycles. The van der Waals surface area contributed by atoms with E-state index >= 15 is 0 Å². The van der Waals surface area contributed by atoms with E-state index in [2.05, 4.69) is 9.83 Å². The summed E-state index contributed by atoms with van der Waals surface area (Å²) in [6.07, 6.45) is 0.451. The van der Waals surface area contributed by atoms with Gasteiger partial charge >= 0.3 is 5.69 Å². The lowest BCUT2D eigenvalue weighted by atomic mass is 10.1. The lowest BCUT2D eigenvalue weighted by molar-refractivity contribution is -0.0216. The summed E-state index contributed by atoms with van der Waals surface area (Å²) in [5.74, 6) is 0. The van der Waals surface area contributed by atoms with Gasteiger partial charge < -0.3 is 9.84 Å². The Morgan fingerprint density at radius 2 is 2.39 bits per heavy atom. The summed E-state index contributed by atoms with van der Waals surface area (Å²) in [6, 6.07) is 0. The summed E-state index contributed by atoms with van der Waals surface area (Å²) in [5.41, 5.74) is -1.52. The fourth-order valence-corrected chi connectivity index (χ4v) is 2.02. The van der Waals surface area contributed by atoms with Crippen LogP contribution in [0.3, 0.4) is 0 Å². The van der Waals surface area contributed by atoms with Crippen LogP contribution >= 0.6 is 0 Å². The highest BCUT2D eigenvalue weighted by Crippen LogP contribution is 2.29. The Bertz CT molecular complexity index is 598. The van der Waals surface area contributed by atoms with Gasteiger partial charge in [-0.05, 0) is 6.42 Å². The number of aromatic amines is 1. The van der Waals surface area contributed by atoms with Gasteiger partial charge in [-0.25, -0.2) is 9.64 Å². The standard InChI is InChI=1S/C11H13N3O4/c1-3-8-7(15)4-9(18-8)14-5-6(12-2)10(16)13-11(14)17/h5,7-9,15H,3-4H2,1H3,(H,13,16,17)/t7-,8+,9+/m1/s1. The van der Waals surface area contributed by atoms with Crippen molar-refractivity contribution in [2.75, 3.05) is 0 Å². The number of nitrogens with zero attached hydrogens (tertiary/aromatic N) is 2. The van der Waals surface area contributed by atoms with Crippen molar-refractivity contribution in [3.8, 4) is 0 Å². The van der Waals surface area contributed by atoms with Gasteiger partial charge in [0, 0.05) is 12.6 Å². The third kappa shape index (κ3) is 2.08. The van der Waals surface area contributed by atoms with Crippen molar-refractivity contribution in [1.29, 1.82) is 0 Å². The highest BCUT2D eigenvalue weighted by molar-refractivity contribution is 5.38. The first-order chi connectivity index (χ1) is 8.56. The Balaban J connectivity index is 2.39. The van der Waals surface area contributed by atoms with Gasteiger partial charge in [-0.15, -0.1) is 0 Å². The fraction of sp³-hybridized carbons (Fsp3) is 0.545. The van der Waals surface area contributed by atoms with E-state index in [0.717, 1.165) is 4.57 Å². The Labute approximate surface area is 102 Å². The molecule has 1 aliphatic heterocycles. The van der Waals surface area contributed by atoms with Crippen LogP contribution in [-0.4, -0.2) is 26.9 Å². The number of rotatable bonds is 2. The Kier molecular flexibility index (Phi) is 3.32. The van der Waals surface area contributed by atoms with Crippen molar-refractivity contribution in [3.63, 3.8) is 0 Å². The first-order valence-corrected chi connectivity index (χ1v) is 5.63. The van der Waals surface area contributed by atoms with Crippen LogP contribution in [0.1, 0.15) is 26.0 Å². The zero-order chi connectivity index (χ0) is 13.3. The minimum absolute atomic E-state index is 0.173. The van der Waals surface area contributed by atoms with E-state index < -0.39 is 23.6 Å². The van der Waals surface area contributed by atoms with E-state index in [-0.39, 0.29) is 18.2 Å². The van der Waals surface area contributed by atoms with Gasteiger partial charge in [0.25, 0.3) is 11.2 Å². The van der Waals surface area contributed by atoms with Crippen molar-refractivity contribution < 1.29 is 9.84 Å². The molecule has 1 saturated heterocycles. The average Bonchev–Trinajstić information content (AvgIpc) is 2.70. The number of aliphatic hydroxyl groups excluding tert-OH is 1. The van der Waals surface area contributed by atoms with E-state index in [1.165, 1.54) is 6.20 Å².